The Hall–Kier alpha value is -1.84. The molecular weight excluding hydrogens is 184 g/mol. The molecule has 2 aromatic rings. The average Bonchev–Trinajstić information content (AvgIpc) is 1.99. The van der Waals surface area contributed by atoms with Gasteiger partial charge in [-0.1, -0.05) is 0 Å². The maximum atomic E-state index is 11.4. The third-order valence-electron chi connectivity index (χ3n) is 1.87. The van der Waals surface area contributed by atoms with Crippen LogP contribution in [0.1, 0.15) is 11.5 Å². The van der Waals surface area contributed by atoms with E-state index in [2.05, 4.69) is 0 Å². The molecule has 0 aromatic carbocycles. The van der Waals surface area contributed by atoms with Gasteiger partial charge in [0.1, 0.15) is 11.5 Å². The van der Waals surface area contributed by atoms with Crippen molar-refractivity contribution in [1.82, 2.24) is 0 Å². The Kier molecular flexibility index (Phi) is 1.77. The Bertz CT molecular complexity index is 553. The topological polar surface area (TPSA) is 60.4 Å². The Morgan fingerprint density at radius 1 is 0.929 bits per heavy atom. The van der Waals surface area contributed by atoms with Crippen molar-refractivity contribution in [3.05, 3.63) is 44.1 Å². The third kappa shape index (κ3) is 1.25. The van der Waals surface area contributed by atoms with Gasteiger partial charge in [-0.3, -0.25) is 9.59 Å². The fourth-order valence-corrected chi connectivity index (χ4v) is 1.31. The first kappa shape index (κ1) is 8.74. The van der Waals surface area contributed by atoms with Gasteiger partial charge in [0.2, 0.25) is 0 Å². The SMILES string of the molecule is Cc1cc(=O)c2c(=O)cc(C)oc2o1. The molecule has 2 heterocycles. The van der Waals surface area contributed by atoms with E-state index in [4.69, 9.17) is 8.83 Å². The van der Waals surface area contributed by atoms with Crippen LogP contribution < -0.4 is 10.9 Å². The average molecular weight is 192 g/mol. The van der Waals surface area contributed by atoms with Crippen LogP contribution in [-0.2, 0) is 0 Å². The minimum absolute atomic E-state index is 0.000000000000000222. The minimum Gasteiger partial charge on any atom is -0.430 e. The number of rotatable bonds is 0. The third-order valence-corrected chi connectivity index (χ3v) is 1.87. The first-order valence-electron chi connectivity index (χ1n) is 4.13. The van der Waals surface area contributed by atoms with E-state index in [9.17, 15) is 9.59 Å². The molecule has 0 bridgehead atoms. The molecule has 0 amide bonds. The molecular formula is C10H8O4. The Morgan fingerprint density at radius 3 is 1.79 bits per heavy atom. The molecule has 0 N–H and O–H groups in total. The van der Waals surface area contributed by atoms with Gasteiger partial charge in [-0.15, -0.1) is 0 Å². The molecule has 4 nitrogen and oxygen atoms in total. The van der Waals surface area contributed by atoms with Gasteiger partial charge in [-0.05, 0) is 13.8 Å². The smallest absolute Gasteiger partial charge is 0.305 e. The summed E-state index contributed by atoms with van der Waals surface area (Å²) in [5.74, 6) is 0.854. The summed E-state index contributed by atoms with van der Waals surface area (Å²) >= 11 is 0. The van der Waals surface area contributed by atoms with Gasteiger partial charge < -0.3 is 8.83 Å². The highest BCUT2D eigenvalue weighted by Crippen LogP contribution is 2.09. The molecule has 0 fully saturated rings. The van der Waals surface area contributed by atoms with Crippen LogP contribution >= 0.6 is 0 Å². The van der Waals surface area contributed by atoms with E-state index in [-0.39, 0.29) is 22.0 Å². The molecule has 2 aromatic heterocycles. The molecule has 72 valence electrons. The summed E-state index contributed by atoms with van der Waals surface area (Å²) in [6.45, 7) is 3.26. The van der Waals surface area contributed by atoms with Crippen LogP contribution in [0.2, 0.25) is 0 Å². The van der Waals surface area contributed by atoms with E-state index in [1.807, 2.05) is 0 Å². The lowest BCUT2D eigenvalue weighted by atomic mass is 10.2. The molecule has 0 unspecified atom stereocenters. The summed E-state index contributed by atoms with van der Waals surface area (Å²) in [7, 11) is 0. The molecule has 4 heteroatoms. The Balaban J connectivity index is 3.10. The minimum atomic E-state index is -0.363. The van der Waals surface area contributed by atoms with Crippen molar-refractivity contribution in [1.29, 1.82) is 0 Å². The highest BCUT2D eigenvalue weighted by Gasteiger charge is 2.09. The monoisotopic (exact) mass is 192 g/mol. The molecule has 0 aliphatic carbocycles. The predicted molar refractivity (Wildman–Crippen MR) is 50.5 cm³/mol. The van der Waals surface area contributed by atoms with Gasteiger partial charge in [0.25, 0.3) is 0 Å². The van der Waals surface area contributed by atoms with E-state index in [1.54, 1.807) is 13.8 Å². The van der Waals surface area contributed by atoms with Gasteiger partial charge in [-0.25, -0.2) is 0 Å². The van der Waals surface area contributed by atoms with Crippen LogP contribution in [0.25, 0.3) is 11.2 Å². The van der Waals surface area contributed by atoms with Gasteiger partial charge in [0.15, 0.2) is 16.2 Å². The van der Waals surface area contributed by atoms with E-state index >= 15 is 0 Å². The zero-order valence-corrected chi connectivity index (χ0v) is 7.79. The van der Waals surface area contributed by atoms with E-state index in [0.717, 1.165) is 0 Å². The fraction of sp³-hybridized carbons (Fsp3) is 0.200. The van der Waals surface area contributed by atoms with Gasteiger partial charge in [0, 0.05) is 12.1 Å². The van der Waals surface area contributed by atoms with Crippen molar-refractivity contribution >= 4 is 11.2 Å². The predicted octanol–water partition coefficient (Wildman–Crippen LogP) is 1.36. The van der Waals surface area contributed by atoms with Crippen LogP contribution in [0.15, 0.2) is 30.6 Å². The lowest BCUT2D eigenvalue weighted by Gasteiger charge is -1.97. The molecule has 0 aliphatic heterocycles. The van der Waals surface area contributed by atoms with Crippen molar-refractivity contribution in [3.63, 3.8) is 0 Å². The number of hydrogen-bond acceptors (Lipinski definition) is 4. The largest absolute Gasteiger partial charge is 0.430 e. The van der Waals surface area contributed by atoms with Gasteiger partial charge in [0.05, 0.1) is 0 Å². The quantitative estimate of drug-likeness (QED) is 0.632. The lowest BCUT2D eigenvalue weighted by molar-refractivity contribution is 0.431. The highest BCUT2D eigenvalue weighted by atomic mass is 16.5. The summed E-state index contributed by atoms with van der Waals surface area (Å²) < 4.78 is 10.3. The summed E-state index contributed by atoms with van der Waals surface area (Å²) in [5.41, 5.74) is -0.727. The number of aryl methyl sites for hydroxylation is 2. The van der Waals surface area contributed by atoms with Crippen molar-refractivity contribution in [3.8, 4) is 0 Å². The summed E-state index contributed by atoms with van der Waals surface area (Å²) in [6.07, 6.45) is 0. The second-order valence-electron chi connectivity index (χ2n) is 3.11. The standard InChI is InChI=1S/C10H8O4/c1-5-3-7(11)9-8(12)4-6(2)14-10(9)13-5/h3-4H,1-2H3. The fourth-order valence-electron chi connectivity index (χ4n) is 1.31. The van der Waals surface area contributed by atoms with Crippen LogP contribution in [0.4, 0.5) is 0 Å². The normalized spacial score (nSPS) is 10.7. The van der Waals surface area contributed by atoms with Crippen molar-refractivity contribution in [2.24, 2.45) is 0 Å². The first-order chi connectivity index (χ1) is 6.58. The number of hydrogen-bond donors (Lipinski definition) is 0. The molecule has 14 heavy (non-hydrogen) atoms. The van der Waals surface area contributed by atoms with Crippen LogP contribution in [-0.4, -0.2) is 0 Å². The number of fused-ring (bicyclic) bond motifs is 1. The second-order valence-corrected chi connectivity index (χ2v) is 3.11. The van der Waals surface area contributed by atoms with Gasteiger partial charge >= 0.3 is 5.78 Å². The summed E-state index contributed by atoms with van der Waals surface area (Å²) in [6, 6.07) is 2.54. The molecule has 0 atom stereocenters. The van der Waals surface area contributed by atoms with Crippen molar-refractivity contribution in [2.45, 2.75) is 13.8 Å². The van der Waals surface area contributed by atoms with E-state index in [0.29, 0.717) is 11.5 Å². The van der Waals surface area contributed by atoms with Crippen LogP contribution in [0, 0.1) is 13.8 Å². The maximum absolute atomic E-state index is 11.4. The molecule has 0 saturated heterocycles. The van der Waals surface area contributed by atoms with E-state index in [1.165, 1.54) is 12.1 Å². The zero-order chi connectivity index (χ0) is 10.3. The zero-order valence-electron chi connectivity index (χ0n) is 7.79. The molecule has 0 saturated carbocycles. The highest BCUT2D eigenvalue weighted by molar-refractivity contribution is 5.70. The Labute approximate surface area is 78.8 Å². The van der Waals surface area contributed by atoms with Crippen LogP contribution in [0.3, 0.4) is 0 Å². The molecule has 0 aliphatic rings. The molecule has 0 spiro atoms. The molecule has 0 radical (unpaired) electrons. The summed E-state index contributed by atoms with van der Waals surface area (Å²) in [4.78, 5) is 22.8. The van der Waals surface area contributed by atoms with Gasteiger partial charge in [-0.2, -0.15) is 0 Å². The maximum Gasteiger partial charge on any atom is 0.305 e. The van der Waals surface area contributed by atoms with Crippen molar-refractivity contribution < 1.29 is 8.83 Å². The van der Waals surface area contributed by atoms with Crippen LogP contribution in [0.5, 0.6) is 0 Å². The lowest BCUT2D eigenvalue weighted by Crippen LogP contribution is -2.12. The first-order valence-corrected chi connectivity index (χ1v) is 4.13. The van der Waals surface area contributed by atoms with E-state index < -0.39 is 0 Å². The summed E-state index contributed by atoms with van der Waals surface area (Å²) in [5, 5.41) is -0.0267. The second kappa shape index (κ2) is 2.83. The Morgan fingerprint density at radius 2 is 1.36 bits per heavy atom. The molecule has 2 rings (SSSR count). The van der Waals surface area contributed by atoms with Crippen molar-refractivity contribution in [2.75, 3.05) is 0 Å².